The fourth-order valence-electron chi connectivity index (χ4n) is 2.83. The van der Waals surface area contributed by atoms with Crippen LogP contribution < -0.4 is 5.32 Å². The molecule has 0 bridgehead atoms. The van der Waals surface area contributed by atoms with Crippen molar-refractivity contribution in [1.82, 2.24) is 5.32 Å². The summed E-state index contributed by atoms with van der Waals surface area (Å²) in [5.41, 5.74) is 0. The molecule has 2 rings (SSSR count). The van der Waals surface area contributed by atoms with Crippen LogP contribution in [0.2, 0.25) is 0 Å². The lowest BCUT2D eigenvalue weighted by atomic mass is 9.95. The predicted molar refractivity (Wildman–Crippen MR) is 64.6 cm³/mol. The molecule has 0 aromatic heterocycles. The molecular formula is C13H25NO2. The van der Waals surface area contributed by atoms with Crippen LogP contribution in [0.5, 0.6) is 0 Å². The molecule has 3 heteroatoms. The maximum Gasteiger partial charge on any atom is 0.0599 e. The SMILES string of the molecule is COC1CCCC(OCCC2CCNC2)C1. The van der Waals surface area contributed by atoms with Crippen molar-refractivity contribution < 1.29 is 9.47 Å². The summed E-state index contributed by atoms with van der Waals surface area (Å²) in [6.07, 6.45) is 8.23. The van der Waals surface area contributed by atoms with Gasteiger partial charge in [-0.1, -0.05) is 0 Å². The third-order valence-corrected chi connectivity index (χ3v) is 3.95. The second-order valence-electron chi connectivity index (χ2n) is 5.16. The summed E-state index contributed by atoms with van der Waals surface area (Å²) >= 11 is 0. The van der Waals surface area contributed by atoms with Gasteiger partial charge in [-0.2, -0.15) is 0 Å². The minimum atomic E-state index is 0.437. The predicted octanol–water partition coefficient (Wildman–Crippen LogP) is 1.96. The average Bonchev–Trinajstić information content (AvgIpc) is 2.82. The van der Waals surface area contributed by atoms with Gasteiger partial charge in [-0.15, -0.1) is 0 Å². The summed E-state index contributed by atoms with van der Waals surface area (Å²) < 4.78 is 11.4. The number of ether oxygens (including phenoxy) is 2. The van der Waals surface area contributed by atoms with E-state index in [1.54, 1.807) is 0 Å². The Hall–Kier alpha value is -0.120. The Labute approximate surface area is 98.9 Å². The van der Waals surface area contributed by atoms with E-state index in [2.05, 4.69) is 5.32 Å². The zero-order valence-corrected chi connectivity index (χ0v) is 10.4. The Morgan fingerprint density at radius 3 is 2.81 bits per heavy atom. The molecule has 0 aromatic rings. The van der Waals surface area contributed by atoms with E-state index in [0.29, 0.717) is 12.2 Å². The van der Waals surface area contributed by atoms with Gasteiger partial charge in [0.25, 0.3) is 0 Å². The number of methoxy groups -OCH3 is 1. The summed E-state index contributed by atoms with van der Waals surface area (Å²) in [6, 6.07) is 0. The molecule has 0 aromatic carbocycles. The first kappa shape index (κ1) is 12.3. The molecule has 3 unspecified atom stereocenters. The molecule has 1 aliphatic heterocycles. The quantitative estimate of drug-likeness (QED) is 0.779. The van der Waals surface area contributed by atoms with Gasteiger partial charge >= 0.3 is 0 Å². The first-order valence-corrected chi connectivity index (χ1v) is 6.73. The largest absolute Gasteiger partial charge is 0.381 e. The van der Waals surface area contributed by atoms with Crippen molar-refractivity contribution in [3.8, 4) is 0 Å². The second kappa shape index (κ2) is 6.58. The van der Waals surface area contributed by atoms with Gasteiger partial charge in [-0.05, 0) is 57.5 Å². The maximum absolute atomic E-state index is 5.97. The molecule has 3 nitrogen and oxygen atoms in total. The lowest BCUT2D eigenvalue weighted by Crippen LogP contribution is -2.28. The van der Waals surface area contributed by atoms with Gasteiger partial charge in [-0.3, -0.25) is 0 Å². The molecule has 2 fully saturated rings. The van der Waals surface area contributed by atoms with E-state index in [1.165, 1.54) is 45.2 Å². The van der Waals surface area contributed by atoms with Crippen molar-refractivity contribution in [3.63, 3.8) is 0 Å². The molecule has 1 saturated heterocycles. The standard InChI is InChI=1S/C13H25NO2/c1-15-12-3-2-4-13(9-12)16-8-6-11-5-7-14-10-11/h11-14H,2-10H2,1H3. The minimum absolute atomic E-state index is 0.437. The van der Waals surface area contributed by atoms with Gasteiger partial charge < -0.3 is 14.8 Å². The summed E-state index contributed by atoms with van der Waals surface area (Å²) in [6.45, 7) is 3.32. The van der Waals surface area contributed by atoms with E-state index in [0.717, 1.165) is 18.9 Å². The zero-order chi connectivity index (χ0) is 11.2. The highest BCUT2D eigenvalue weighted by atomic mass is 16.5. The van der Waals surface area contributed by atoms with Crippen LogP contribution in [0.25, 0.3) is 0 Å². The van der Waals surface area contributed by atoms with Gasteiger partial charge in [0.1, 0.15) is 0 Å². The van der Waals surface area contributed by atoms with Crippen molar-refractivity contribution in [2.24, 2.45) is 5.92 Å². The molecule has 1 saturated carbocycles. The summed E-state index contributed by atoms with van der Waals surface area (Å²) in [5.74, 6) is 0.849. The highest BCUT2D eigenvalue weighted by Gasteiger charge is 2.22. The fraction of sp³-hybridized carbons (Fsp3) is 1.00. The Kier molecular flexibility index (Phi) is 5.07. The number of hydrogen-bond donors (Lipinski definition) is 1. The van der Waals surface area contributed by atoms with Crippen molar-refractivity contribution in [1.29, 1.82) is 0 Å². The van der Waals surface area contributed by atoms with Crippen molar-refractivity contribution in [2.45, 2.75) is 50.7 Å². The van der Waals surface area contributed by atoms with E-state index in [9.17, 15) is 0 Å². The van der Waals surface area contributed by atoms with Crippen molar-refractivity contribution in [2.75, 3.05) is 26.8 Å². The topological polar surface area (TPSA) is 30.5 Å². The second-order valence-corrected chi connectivity index (χ2v) is 5.16. The molecule has 1 aliphatic carbocycles. The third kappa shape index (κ3) is 3.72. The molecule has 16 heavy (non-hydrogen) atoms. The Morgan fingerprint density at radius 2 is 2.06 bits per heavy atom. The van der Waals surface area contributed by atoms with Crippen LogP contribution in [0, 0.1) is 5.92 Å². The molecule has 3 atom stereocenters. The lowest BCUT2D eigenvalue weighted by molar-refractivity contribution is -0.0322. The number of hydrogen-bond acceptors (Lipinski definition) is 3. The van der Waals surface area contributed by atoms with Crippen LogP contribution in [0.1, 0.15) is 38.5 Å². The maximum atomic E-state index is 5.97. The Morgan fingerprint density at radius 1 is 1.19 bits per heavy atom. The van der Waals surface area contributed by atoms with Crippen LogP contribution >= 0.6 is 0 Å². The normalized spacial score (nSPS) is 35.4. The van der Waals surface area contributed by atoms with Gasteiger partial charge in [0.05, 0.1) is 12.2 Å². The van der Waals surface area contributed by atoms with Gasteiger partial charge in [0.15, 0.2) is 0 Å². The first-order chi connectivity index (χ1) is 7.88. The van der Waals surface area contributed by atoms with E-state index < -0.39 is 0 Å². The van der Waals surface area contributed by atoms with Crippen LogP contribution in [0.4, 0.5) is 0 Å². The molecule has 1 N–H and O–H groups in total. The van der Waals surface area contributed by atoms with Crippen LogP contribution in [-0.4, -0.2) is 39.0 Å². The number of rotatable bonds is 5. The minimum Gasteiger partial charge on any atom is -0.381 e. The van der Waals surface area contributed by atoms with Gasteiger partial charge in [0, 0.05) is 13.7 Å². The molecule has 2 aliphatic rings. The molecule has 94 valence electrons. The summed E-state index contributed by atoms with van der Waals surface area (Å²) in [4.78, 5) is 0. The van der Waals surface area contributed by atoms with Gasteiger partial charge in [-0.25, -0.2) is 0 Å². The fourth-order valence-corrected chi connectivity index (χ4v) is 2.83. The van der Waals surface area contributed by atoms with Crippen LogP contribution in [0.15, 0.2) is 0 Å². The van der Waals surface area contributed by atoms with E-state index >= 15 is 0 Å². The summed E-state index contributed by atoms with van der Waals surface area (Å²) in [7, 11) is 1.82. The molecule has 1 heterocycles. The molecular weight excluding hydrogens is 202 g/mol. The van der Waals surface area contributed by atoms with E-state index in [-0.39, 0.29) is 0 Å². The van der Waals surface area contributed by atoms with Crippen molar-refractivity contribution >= 4 is 0 Å². The number of nitrogens with one attached hydrogen (secondary N) is 1. The highest BCUT2D eigenvalue weighted by Crippen LogP contribution is 2.23. The molecule has 0 spiro atoms. The monoisotopic (exact) mass is 227 g/mol. The van der Waals surface area contributed by atoms with Crippen LogP contribution in [0.3, 0.4) is 0 Å². The summed E-state index contributed by atoms with van der Waals surface area (Å²) in [5, 5.41) is 3.40. The zero-order valence-electron chi connectivity index (χ0n) is 10.4. The molecule has 0 radical (unpaired) electrons. The smallest absolute Gasteiger partial charge is 0.0599 e. The lowest BCUT2D eigenvalue weighted by Gasteiger charge is -2.28. The van der Waals surface area contributed by atoms with E-state index in [1.807, 2.05) is 7.11 Å². The van der Waals surface area contributed by atoms with Crippen LogP contribution in [-0.2, 0) is 9.47 Å². The Balaban J connectivity index is 1.58. The third-order valence-electron chi connectivity index (χ3n) is 3.95. The van der Waals surface area contributed by atoms with Crippen molar-refractivity contribution in [3.05, 3.63) is 0 Å². The first-order valence-electron chi connectivity index (χ1n) is 6.73. The van der Waals surface area contributed by atoms with E-state index in [4.69, 9.17) is 9.47 Å². The van der Waals surface area contributed by atoms with Gasteiger partial charge in [0.2, 0.25) is 0 Å². The average molecular weight is 227 g/mol. The Bertz CT molecular complexity index is 192. The highest BCUT2D eigenvalue weighted by molar-refractivity contribution is 4.74. The molecule has 0 amide bonds.